The van der Waals surface area contributed by atoms with Crippen LogP contribution in [0.2, 0.25) is 0 Å². The van der Waals surface area contributed by atoms with Crippen molar-refractivity contribution in [2.45, 2.75) is 33.0 Å². The molecule has 0 spiro atoms. The van der Waals surface area contributed by atoms with E-state index in [1.165, 1.54) is 5.56 Å². The lowest BCUT2D eigenvalue weighted by Crippen LogP contribution is -2.40. The molecule has 0 saturated carbocycles. The largest absolute Gasteiger partial charge is 0.454 e. The van der Waals surface area contributed by atoms with Crippen LogP contribution in [0.25, 0.3) is 0 Å². The van der Waals surface area contributed by atoms with E-state index in [4.69, 9.17) is 9.47 Å². The highest BCUT2D eigenvalue weighted by molar-refractivity contribution is 5.48. The van der Waals surface area contributed by atoms with Gasteiger partial charge in [0.05, 0.1) is 6.61 Å². The summed E-state index contributed by atoms with van der Waals surface area (Å²) >= 11 is 0. The minimum Gasteiger partial charge on any atom is -0.454 e. The second-order valence-corrected chi connectivity index (χ2v) is 6.54. The van der Waals surface area contributed by atoms with Gasteiger partial charge in [-0.05, 0) is 17.5 Å². The van der Waals surface area contributed by atoms with Gasteiger partial charge in [-0.3, -0.25) is 4.90 Å². The number of aliphatic hydroxyl groups excluding tert-OH is 1. The number of aliphatic hydroxyl groups is 1. The third-order valence-corrected chi connectivity index (χ3v) is 4.51. The standard InChI is InChI=1S/C20H25NO3/c1-15(2)18(13-22)21(11-16-7-4-3-5-8-16)12-17-9-6-10-19-20(17)24-14-23-19/h3-10,15,18,22H,11-14H2,1-2H3/t18-/m0/s1. The Balaban J connectivity index is 1.86. The Morgan fingerprint density at radius 2 is 1.79 bits per heavy atom. The van der Waals surface area contributed by atoms with Gasteiger partial charge >= 0.3 is 0 Å². The van der Waals surface area contributed by atoms with Gasteiger partial charge < -0.3 is 14.6 Å². The summed E-state index contributed by atoms with van der Waals surface area (Å²) in [6, 6.07) is 16.4. The second kappa shape index (κ2) is 7.69. The lowest BCUT2D eigenvalue weighted by molar-refractivity contribution is 0.0774. The quantitative estimate of drug-likeness (QED) is 0.846. The average Bonchev–Trinajstić information content (AvgIpc) is 3.06. The molecule has 0 amide bonds. The molecular weight excluding hydrogens is 302 g/mol. The molecule has 1 heterocycles. The Hall–Kier alpha value is -2.04. The van der Waals surface area contributed by atoms with Crippen LogP contribution in [-0.2, 0) is 13.1 Å². The van der Waals surface area contributed by atoms with Crippen LogP contribution in [0.5, 0.6) is 11.5 Å². The van der Waals surface area contributed by atoms with E-state index in [0.717, 1.165) is 23.6 Å². The van der Waals surface area contributed by atoms with Crippen LogP contribution >= 0.6 is 0 Å². The highest BCUT2D eigenvalue weighted by Gasteiger charge is 2.25. The number of ether oxygens (including phenoxy) is 2. The first-order valence-electron chi connectivity index (χ1n) is 8.45. The van der Waals surface area contributed by atoms with Crippen LogP contribution in [0.1, 0.15) is 25.0 Å². The third-order valence-electron chi connectivity index (χ3n) is 4.51. The lowest BCUT2D eigenvalue weighted by Gasteiger charge is -2.33. The molecule has 0 saturated heterocycles. The van der Waals surface area contributed by atoms with E-state index in [1.54, 1.807) is 0 Å². The normalized spacial score (nSPS) is 14.4. The number of fused-ring (bicyclic) bond motifs is 1. The average molecular weight is 327 g/mol. The first-order chi connectivity index (χ1) is 11.7. The fraction of sp³-hybridized carbons (Fsp3) is 0.400. The number of nitrogens with zero attached hydrogens (tertiary/aromatic N) is 1. The SMILES string of the molecule is CC(C)[C@H](CO)N(Cc1ccccc1)Cc1cccc2c1OCO2. The van der Waals surface area contributed by atoms with Crippen molar-refractivity contribution in [1.82, 2.24) is 4.90 Å². The van der Waals surface area contributed by atoms with E-state index in [1.807, 2.05) is 30.3 Å². The van der Waals surface area contributed by atoms with Gasteiger partial charge in [0, 0.05) is 24.7 Å². The van der Waals surface area contributed by atoms with Crippen LogP contribution in [-0.4, -0.2) is 29.4 Å². The minimum atomic E-state index is 0.0865. The second-order valence-electron chi connectivity index (χ2n) is 6.54. The number of hydrogen-bond donors (Lipinski definition) is 1. The summed E-state index contributed by atoms with van der Waals surface area (Å²) in [5, 5.41) is 9.92. The topological polar surface area (TPSA) is 41.9 Å². The molecule has 0 aliphatic carbocycles. The highest BCUT2D eigenvalue weighted by Crippen LogP contribution is 2.36. The first kappa shape index (κ1) is 16.8. The molecule has 1 aliphatic heterocycles. The van der Waals surface area contributed by atoms with Crippen LogP contribution in [0, 0.1) is 5.92 Å². The molecule has 4 nitrogen and oxygen atoms in total. The zero-order chi connectivity index (χ0) is 16.9. The van der Waals surface area contributed by atoms with Gasteiger partial charge in [-0.25, -0.2) is 0 Å². The van der Waals surface area contributed by atoms with Crippen molar-refractivity contribution in [3.63, 3.8) is 0 Å². The van der Waals surface area contributed by atoms with Gasteiger partial charge in [0.2, 0.25) is 6.79 Å². The Labute approximate surface area is 143 Å². The van der Waals surface area contributed by atoms with Crippen molar-refractivity contribution < 1.29 is 14.6 Å². The van der Waals surface area contributed by atoms with Crippen LogP contribution in [0.15, 0.2) is 48.5 Å². The summed E-state index contributed by atoms with van der Waals surface area (Å²) in [5.41, 5.74) is 2.33. The van der Waals surface area contributed by atoms with Crippen molar-refractivity contribution >= 4 is 0 Å². The van der Waals surface area contributed by atoms with E-state index < -0.39 is 0 Å². The molecule has 1 N–H and O–H groups in total. The van der Waals surface area contributed by atoms with Gasteiger partial charge in [0.25, 0.3) is 0 Å². The predicted octanol–water partition coefficient (Wildman–Crippen LogP) is 3.43. The Morgan fingerprint density at radius 1 is 1.00 bits per heavy atom. The Kier molecular flexibility index (Phi) is 5.38. The molecule has 1 aliphatic rings. The van der Waals surface area contributed by atoms with Gasteiger partial charge in [-0.2, -0.15) is 0 Å². The van der Waals surface area contributed by atoms with Crippen molar-refractivity contribution in [3.05, 3.63) is 59.7 Å². The van der Waals surface area contributed by atoms with Gasteiger partial charge in [-0.1, -0.05) is 56.3 Å². The van der Waals surface area contributed by atoms with E-state index in [0.29, 0.717) is 12.5 Å². The maximum atomic E-state index is 9.92. The molecule has 128 valence electrons. The lowest BCUT2D eigenvalue weighted by atomic mass is 10.0. The molecule has 24 heavy (non-hydrogen) atoms. The molecule has 4 heteroatoms. The van der Waals surface area contributed by atoms with Crippen molar-refractivity contribution in [2.75, 3.05) is 13.4 Å². The zero-order valence-electron chi connectivity index (χ0n) is 14.3. The van der Waals surface area contributed by atoms with Gasteiger partial charge in [0.1, 0.15) is 0 Å². The summed E-state index contributed by atoms with van der Waals surface area (Å²) in [4.78, 5) is 2.32. The molecule has 0 radical (unpaired) electrons. The first-order valence-corrected chi connectivity index (χ1v) is 8.45. The molecule has 3 rings (SSSR count). The molecule has 0 fully saturated rings. The van der Waals surface area contributed by atoms with Crippen LogP contribution < -0.4 is 9.47 Å². The molecule has 0 aromatic heterocycles. The molecule has 0 bridgehead atoms. The van der Waals surface area contributed by atoms with E-state index in [2.05, 4.69) is 36.9 Å². The van der Waals surface area contributed by atoms with Crippen LogP contribution in [0.3, 0.4) is 0 Å². The molecule has 0 unspecified atom stereocenters. The fourth-order valence-corrected chi connectivity index (χ4v) is 3.19. The summed E-state index contributed by atoms with van der Waals surface area (Å²) in [7, 11) is 0. The van der Waals surface area contributed by atoms with E-state index in [-0.39, 0.29) is 19.4 Å². The zero-order valence-corrected chi connectivity index (χ0v) is 14.3. The molecule has 2 aromatic carbocycles. The third kappa shape index (κ3) is 3.71. The predicted molar refractivity (Wildman–Crippen MR) is 94.0 cm³/mol. The van der Waals surface area contributed by atoms with Gasteiger partial charge in [-0.15, -0.1) is 0 Å². The monoisotopic (exact) mass is 327 g/mol. The Morgan fingerprint density at radius 3 is 2.50 bits per heavy atom. The summed E-state index contributed by atoms with van der Waals surface area (Å²) < 4.78 is 11.1. The van der Waals surface area contributed by atoms with Crippen molar-refractivity contribution in [2.24, 2.45) is 5.92 Å². The maximum absolute atomic E-state index is 9.92. The molecule has 1 atom stereocenters. The summed E-state index contributed by atoms with van der Waals surface area (Å²) in [5.74, 6) is 1.99. The maximum Gasteiger partial charge on any atom is 0.231 e. The number of para-hydroxylation sites is 1. The van der Waals surface area contributed by atoms with Crippen molar-refractivity contribution in [3.8, 4) is 11.5 Å². The Bertz CT molecular complexity index is 657. The van der Waals surface area contributed by atoms with Gasteiger partial charge in [0.15, 0.2) is 11.5 Å². The number of hydrogen-bond acceptors (Lipinski definition) is 4. The number of benzene rings is 2. The minimum absolute atomic E-state index is 0.0865. The van der Waals surface area contributed by atoms with Crippen LogP contribution in [0.4, 0.5) is 0 Å². The number of rotatable bonds is 7. The van der Waals surface area contributed by atoms with Crippen molar-refractivity contribution in [1.29, 1.82) is 0 Å². The smallest absolute Gasteiger partial charge is 0.231 e. The highest BCUT2D eigenvalue weighted by atomic mass is 16.7. The van der Waals surface area contributed by atoms with E-state index in [9.17, 15) is 5.11 Å². The molecule has 2 aromatic rings. The van der Waals surface area contributed by atoms with E-state index >= 15 is 0 Å². The fourth-order valence-electron chi connectivity index (χ4n) is 3.19. The molecular formula is C20H25NO3. The summed E-state index contributed by atoms with van der Waals surface area (Å²) in [6.07, 6.45) is 0. The summed E-state index contributed by atoms with van der Waals surface area (Å²) in [6.45, 7) is 6.21.